The number of nitrogens with one attached hydrogen (secondary N) is 2. The average Bonchev–Trinajstić information content (AvgIpc) is 3.34. The monoisotopic (exact) mass is 610 g/mol. The number of carbonyl (C=O) groups is 2. The molecule has 10 heteroatoms. The summed E-state index contributed by atoms with van der Waals surface area (Å²) in [7, 11) is 2.16. The SMILES string of the molecule is Cc1c(C(=O)NC2CC3CCC(C2)N3c2ccc(C(=O)NCc3ccc(N4CCN(C)CC4)cc3)cn2)ccc2c1OCCO2. The van der Waals surface area contributed by atoms with E-state index in [1.54, 1.807) is 6.20 Å². The average molecular weight is 611 g/mol. The first-order chi connectivity index (χ1) is 21.9. The Morgan fingerprint density at radius 2 is 1.62 bits per heavy atom. The van der Waals surface area contributed by atoms with Crippen LogP contribution in [0.1, 0.15) is 57.5 Å². The van der Waals surface area contributed by atoms with E-state index in [1.807, 2.05) is 31.2 Å². The highest BCUT2D eigenvalue weighted by Gasteiger charge is 2.42. The van der Waals surface area contributed by atoms with Gasteiger partial charge in [-0.05, 0) is 81.6 Å². The van der Waals surface area contributed by atoms with Gasteiger partial charge in [-0.1, -0.05) is 12.1 Å². The van der Waals surface area contributed by atoms with Gasteiger partial charge in [-0.3, -0.25) is 9.59 Å². The maximum atomic E-state index is 13.3. The van der Waals surface area contributed by atoms with Crippen LogP contribution in [0, 0.1) is 6.92 Å². The number of likely N-dealkylation sites (N-methyl/N-ethyl adjacent to an activating group) is 1. The standard InChI is InChI=1S/C35H42N6O4/c1-23-30(10-11-31-33(23)45-18-17-44-31)35(43)38-26-19-28-8-9-29(20-26)41(28)32-12-5-25(22-36-32)34(42)37-21-24-3-6-27(7-4-24)40-15-13-39(2)14-16-40/h3-7,10-12,22,26,28-29H,8-9,13-21H2,1-2H3,(H,37,42)(H,38,43). The molecule has 2 unspecified atom stereocenters. The molecule has 3 aromatic rings. The summed E-state index contributed by atoms with van der Waals surface area (Å²) in [6.45, 7) is 7.62. The summed E-state index contributed by atoms with van der Waals surface area (Å²) in [5.41, 5.74) is 4.30. The van der Waals surface area contributed by atoms with Gasteiger partial charge in [0.2, 0.25) is 0 Å². The molecule has 3 fully saturated rings. The number of carbonyl (C=O) groups excluding carboxylic acids is 2. The largest absolute Gasteiger partial charge is 0.486 e. The van der Waals surface area contributed by atoms with E-state index in [2.05, 4.69) is 56.6 Å². The Hall–Kier alpha value is -4.31. The van der Waals surface area contributed by atoms with Crippen LogP contribution in [-0.2, 0) is 6.54 Å². The summed E-state index contributed by atoms with van der Waals surface area (Å²) in [5.74, 6) is 2.07. The number of benzene rings is 2. The lowest BCUT2D eigenvalue weighted by molar-refractivity contribution is 0.0922. The summed E-state index contributed by atoms with van der Waals surface area (Å²) in [5, 5.41) is 6.33. The molecule has 2 N–H and O–H groups in total. The second kappa shape index (κ2) is 12.6. The zero-order valence-corrected chi connectivity index (χ0v) is 26.1. The highest BCUT2D eigenvalue weighted by atomic mass is 16.6. The first kappa shape index (κ1) is 29.4. The van der Waals surface area contributed by atoms with E-state index in [1.165, 1.54) is 5.69 Å². The van der Waals surface area contributed by atoms with Gasteiger partial charge in [-0.2, -0.15) is 0 Å². The van der Waals surface area contributed by atoms with E-state index < -0.39 is 0 Å². The molecule has 2 bridgehead atoms. The molecule has 4 aliphatic heterocycles. The normalized spacial score (nSPS) is 22.7. The van der Waals surface area contributed by atoms with Gasteiger partial charge in [0.15, 0.2) is 11.5 Å². The van der Waals surface area contributed by atoms with Crippen molar-refractivity contribution in [2.45, 2.75) is 57.3 Å². The summed E-state index contributed by atoms with van der Waals surface area (Å²) >= 11 is 0. The summed E-state index contributed by atoms with van der Waals surface area (Å²) in [6.07, 6.45) is 5.54. The second-order valence-electron chi connectivity index (χ2n) is 12.7. The molecular formula is C35H42N6O4. The first-order valence-corrected chi connectivity index (χ1v) is 16.2. The fourth-order valence-electron chi connectivity index (χ4n) is 7.28. The van der Waals surface area contributed by atoms with Crippen LogP contribution in [0.5, 0.6) is 11.5 Å². The number of piperazine rings is 1. The van der Waals surface area contributed by atoms with Crippen LogP contribution in [0.2, 0.25) is 0 Å². The zero-order chi connectivity index (χ0) is 30.9. The quantitative estimate of drug-likeness (QED) is 0.417. The van der Waals surface area contributed by atoms with Crippen LogP contribution in [0.3, 0.4) is 0 Å². The van der Waals surface area contributed by atoms with Crippen LogP contribution < -0.4 is 29.9 Å². The lowest BCUT2D eigenvalue weighted by Crippen LogP contribution is -2.50. The van der Waals surface area contributed by atoms with Crippen LogP contribution in [0.25, 0.3) is 0 Å². The fraction of sp³-hybridized carbons (Fsp3) is 0.457. The molecule has 236 valence electrons. The minimum absolute atomic E-state index is 0.0678. The van der Waals surface area contributed by atoms with E-state index in [9.17, 15) is 9.59 Å². The number of piperidine rings is 1. The molecule has 0 radical (unpaired) electrons. The predicted octanol–water partition coefficient (Wildman–Crippen LogP) is 3.77. The minimum atomic E-state index is -0.129. The summed E-state index contributed by atoms with van der Waals surface area (Å²) < 4.78 is 11.4. The zero-order valence-electron chi connectivity index (χ0n) is 26.1. The molecule has 4 aliphatic rings. The highest BCUT2D eigenvalue weighted by Crippen LogP contribution is 2.39. The maximum absolute atomic E-state index is 13.3. The number of pyridine rings is 1. The topological polar surface area (TPSA) is 99.3 Å². The molecule has 3 saturated heterocycles. The van der Waals surface area contributed by atoms with Crippen molar-refractivity contribution >= 4 is 23.3 Å². The van der Waals surface area contributed by atoms with Gasteiger partial charge in [0, 0.05) is 73.9 Å². The van der Waals surface area contributed by atoms with Crippen molar-refractivity contribution in [3.05, 3.63) is 77.0 Å². The number of nitrogens with zero attached hydrogens (tertiary/aromatic N) is 4. The van der Waals surface area contributed by atoms with Gasteiger partial charge in [0.1, 0.15) is 19.0 Å². The van der Waals surface area contributed by atoms with Crippen molar-refractivity contribution in [2.75, 3.05) is 56.2 Å². The van der Waals surface area contributed by atoms with E-state index in [0.717, 1.165) is 68.8 Å². The van der Waals surface area contributed by atoms with Crippen molar-refractivity contribution in [3.63, 3.8) is 0 Å². The van der Waals surface area contributed by atoms with E-state index in [4.69, 9.17) is 14.5 Å². The maximum Gasteiger partial charge on any atom is 0.253 e. The van der Waals surface area contributed by atoms with E-state index in [-0.39, 0.29) is 17.9 Å². The minimum Gasteiger partial charge on any atom is -0.486 e. The number of amides is 2. The van der Waals surface area contributed by atoms with Crippen molar-refractivity contribution in [2.24, 2.45) is 0 Å². The molecule has 0 aliphatic carbocycles. The summed E-state index contributed by atoms with van der Waals surface area (Å²) in [6, 6.07) is 16.7. The van der Waals surface area contributed by atoms with Crippen LogP contribution in [0.4, 0.5) is 11.5 Å². The smallest absolute Gasteiger partial charge is 0.253 e. The van der Waals surface area contributed by atoms with Gasteiger partial charge >= 0.3 is 0 Å². The third kappa shape index (κ3) is 6.16. The lowest BCUT2D eigenvalue weighted by Gasteiger charge is -2.40. The Bertz CT molecular complexity index is 1520. The Kier molecular flexibility index (Phi) is 8.23. The lowest BCUT2D eigenvalue weighted by atomic mass is 9.96. The fourth-order valence-corrected chi connectivity index (χ4v) is 7.28. The number of rotatable bonds is 7. The van der Waals surface area contributed by atoms with Crippen molar-refractivity contribution in [1.82, 2.24) is 20.5 Å². The van der Waals surface area contributed by atoms with E-state index >= 15 is 0 Å². The van der Waals surface area contributed by atoms with Crippen molar-refractivity contribution in [3.8, 4) is 11.5 Å². The van der Waals surface area contributed by atoms with Crippen LogP contribution in [0.15, 0.2) is 54.7 Å². The first-order valence-electron chi connectivity index (χ1n) is 16.2. The van der Waals surface area contributed by atoms with Crippen molar-refractivity contribution < 1.29 is 19.1 Å². The van der Waals surface area contributed by atoms with Gasteiger partial charge in [0.05, 0.1) is 5.56 Å². The molecule has 45 heavy (non-hydrogen) atoms. The van der Waals surface area contributed by atoms with Crippen LogP contribution in [-0.4, -0.2) is 86.3 Å². The number of ether oxygens (including phenoxy) is 2. The molecule has 2 amide bonds. The van der Waals surface area contributed by atoms with E-state index in [0.29, 0.717) is 54.5 Å². The van der Waals surface area contributed by atoms with Gasteiger partial charge in [-0.25, -0.2) is 4.98 Å². The third-order valence-corrected chi connectivity index (χ3v) is 9.80. The van der Waals surface area contributed by atoms with Gasteiger partial charge in [0.25, 0.3) is 11.8 Å². The number of hydrogen-bond acceptors (Lipinski definition) is 8. The number of anilines is 2. The molecule has 2 aromatic carbocycles. The number of hydrogen-bond donors (Lipinski definition) is 2. The Labute approximate surface area is 264 Å². The molecule has 2 atom stereocenters. The summed E-state index contributed by atoms with van der Waals surface area (Å²) in [4.78, 5) is 38.1. The van der Waals surface area contributed by atoms with Crippen LogP contribution >= 0.6 is 0 Å². The third-order valence-electron chi connectivity index (χ3n) is 9.80. The molecular weight excluding hydrogens is 568 g/mol. The Balaban J connectivity index is 0.922. The second-order valence-corrected chi connectivity index (χ2v) is 12.7. The molecule has 0 spiro atoms. The molecule has 7 rings (SSSR count). The predicted molar refractivity (Wildman–Crippen MR) is 174 cm³/mol. The highest BCUT2D eigenvalue weighted by molar-refractivity contribution is 5.97. The van der Waals surface area contributed by atoms with Gasteiger partial charge in [-0.15, -0.1) is 0 Å². The molecule has 5 heterocycles. The number of aromatic nitrogens is 1. The Morgan fingerprint density at radius 3 is 2.33 bits per heavy atom. The molecule has 0 saturated carbocycles. The molecule has 10 nitrogen and oxygen atoms in total. The van der Waals surface area contributed by atoms with Gasteiger partial charge < -0.3 is 34.8 Å². The molecule has 1 aromatic heterocycles. The van der Waals surface area contributed by atoms with Crippen molar-refractivity contribution in [1.29, 1.82) is 0 Å². The number of fused-ring (bicyclic) bond motifs is 3. The Morgan fingerprint density at radius 1 is 0.889 bits per heavy atom.